The lowest BCUT2D eigenvalue weighted by molar-refractivity contribution is -0.129. The van der Waals surface area contributed by atoms with Crippen molar-refractivity contribution in [3.63, 3.8) is 0 Å². The van der Waals surface area contributed by atoms with E-state index in [-0.39, 0.29) is 11.9 Å². The maximum Gasteiger partial charge on any atom is 0.342 e. The lowest BCUT2D eigenvalue weighted by Gasteiger charge is -2.15. The number of benzene rings is 2. The Balaban J connectivity index is 1.63. The summed E-state index contributed by atoms with van der Waals surface area (Å²) in [4.78, 5) is 24.4. The van der Waals surface area contributed by atoms with Gasteiger partial charge in [0, 0.05) is 10.5 Å². The van der Waals surface area contributed by atoms with Crippen molar-refractivity contribution in [2.45, 2.75) is 38.5 Å². The topological polar surface area (TPSA) is 64.6 Å². The van der Waals surface area contributed by atoms with Gasteiger partial charge in [0.25, 0.3) is 5.91 Å². The second-order valence-electron chi connectivity index (χ2n) is 6.25. The smallest absolute Gasteiger partial charge is 0.342 e. The van der Waals surface area contributed by atoms with E-state index in [1.165, 1.54) is 0 Å². The number of carbonyl (C=O) groups is 2. The molecule has 0 bridgehead atoms. The number of hydrogen-bond acceptors (Lipinski definition) is 4. The lowest BCUT2D eigenvalue weighted by atomic mass is 10.2. The Hall–Kier alpha value is -2.34. The van der Waals surface area contributed by atoms with E-state index in [4.69, 9.17) is 9.47 Å². The summed E-state index contributed by atoms with van der Waals surface area (Å²) < 4.78 is 12.1. The van der Waals surface area contributed by atoms with E-state index >= 15 is 0 Å². The van der Waals surface area contributed by atoms with Crippen molar-refractivity contribution in [3.8, 4) is 5.75 Å². The molecule has 0 aliphatic heterocycles. The Bertz CT molecular complexity index is 804. The molecule has 0 spiro atoms. The molecular formula is C20H20BrNO4. The van der Waals surface area contributed by atoms with E-state index in [2.05, 4.69) is 21.2 Å². The Kier molecular flexibility index (Phi) is 5.93. The molecule has 2 aromatic carbocycles. The molecule has 1 aliphatic carbocycles. The summed E-state index contributed by atoms with van der Waals surface area (Å²) in [5, 5.41) is 2.83. The minimum atomic E-state index is -0.846. The first-order valence-electron chi connectivity index (χ1n) is 8.50. The highest BCUT2D eigenvalue weighted by molar-refractivity contribution is 9.10. The number of esters is 1. The molecule has 0 heterocycles. The van der Waals surface area contributed by atoms with Crippen LogP contribution in [-0.4, -0.2) is 24.0 Å². The molecule has 1 amide bonds. The molecule has 0 aromatic heterocycles. The molecule has 1 fully saturated rings. The summed E-state index contributed by atoms with van der Waals surface area (Å²) in [5.41, 5.74) is 1.27. The number of para-hydroxylation sites is 1. The maximum absolute atomic E-state index is 12.5. The summed E-state index contributed by atoms with van der Waals surface area (Å²) >= 11 is 3.42. The number of nitrogens with one attached hydrogen (secondary N) is 1. The van der Waals surface area contributed by atoms with Gasteiger partial charge in [0.1, 0.15) is 17.9 Å². The average molecular weight is 418 g/mol. The third-order valence-electron chi connectivity index (χ3n) is 3.97. The zero-order valence-electron chi connectivity index (χ0n) is 14.4. The van der Waals surface area contributed by atoms with Crippen LogP contribution < -0.4 is 10.1 Å². The van der Waals surface area contributed by atoms with Crippen molar-refractivity contribution >= 4 is 27.8 Å². The fourth-order valence-corrected chi connectivity index (χ4v) is 2.82. The van der Waals surface area contributed by atoms with E-state index in [1.54, 1.807) is 31.2 Å². The molecule has 1 unspecified atom stereocenters. The van der Waals surface area contributed by atoms with Gasteiger partial charge in [-0.25, -0.2) is 4.79 Å². The standard InChI is InChI=1S/C20H20BrNO4/c1-13(19(23)22-16-9-10-16)26-20(24)17-7-2-3-8-18(17)25-12-14-5-4-6-15(21)11-14/h2-8,11,13,16H,9-10,12H2,1H3,(H,22,23). The molecule has 0 radical (unpaired) electrons. The zero-order chi connectivity index (χ0) is 18.5. The Morgan fingerprint density at radius 2 is 1.96 bits per heavy atom. The molecule has 1 atom stereocenters. The molecule has 26 heavy (non-hydrogen) atoms. The Morgan fingerprint density at radius 1 is 1.19 bits per heavy atom. The monoisotopic (exact) mass is 417 g/mol. The van der Waals surface area contributed by atoms with Crippen LogP contribution in [0.3, 0.4) is 0 Å². The lowest BCUT2D eigenvalue weighted by Crippen LogP contribution is -2.37. The van der Waals surface area contributed by atoms with Gasteiger partial charge in [-0.05, 0) is 49.6 Å². The van der Waals surface area contributed by atoms with Gasteiger partial charge in [0.15, 0.2) is 6.10 Å². The van der Waals surface area contributed by atoms with Crippen LogP contribution in [0.4, 0.5) is 0 Å². The van der Waals surface area contributed by atoms with Crippen LogP contribution in [0.15, 0.2) is 53.0 Å². The summed E-state index contributed by atoms with van der Waals surface area (Å²) in [6, 6.07) is 14.8. The molecular weight excluding hydrogens is 398 g/mol. The highest BCUT2D eigenvalue weighted by Crippen LogP contribution is 2.22. The number of hydrogen-bond donors (Lipinski definition) is 1. The second-order valence-corrected chi connectivity index (χ2v) is 7.16. The van der Waals surface area contributed by atoms with Crippen molar-refractivity contribution in [1.82, 2.24) is 5.32 Å². The molecule has 2 aromatic rings. The molecule has 5 nitrogen and oxygen atoms in total. The van der Waals surface area contributed by atoms with Crippen LogP contribution in [-0.2, 0) is 16.1 Å². The highest BCUT2D eigenvalue weighted by Gasteiger charge is 2.28. The van der Waals surface area contributed by atoms with E-state index in [9.17, 15) is 9.59 Å². The van der Waals surface area contributed by atoms with Gasteiger partial charge in [-0.1, -0.05) is 40.2 Å². The Labute approximate surface area is 160 Å². The molecule has 1 saturated carbocycles. The second kappa shape index (κ2) is 8.36. The van der Waals surface area contributed by atoms with E-state index in [0.29, 0.717) is 17.9 Å². The number of amides is 1. The number of carbonyl (C=O) groups excluding carboxylic acids is 2. The van der Waals surface area contributed by atoms with Crippen LogP contribution in [0.25, 0.3) is 0 Å². The van der Waals surface area contributed by atoms with Gasteiger partial charge in [-0.3, -0.25) is 4.79 Å². The van der Waals surface area contributed by atoms with Crippen LogP contribution in [0, 0.1) is 0 Å². The predicted octanol–water partition coefficient (Wildman–Crippen LogP) is 3.85. The van der Waals surface area contributed by atoms with Crippen molar-refractivity contribution < 1.29 is 19.1 Å². The molecule has 0 saturated heterocycles. The first-order valence-corrected chi connectivity index (χ1v) is 9.30. The zero-order valence-corrected chi connectivity index (χ0v) is 16.0. The fraction of sp³-hybridized carbons (Fsp3) is 0.300. The first kappa shape index (κ1) is 18.5. The average Bonchev–Trinajstić information content (AvgIpc) is 3.44. The minimum Gasteiger partial charge on any atom is -0.488 e. The molecule has 136 valence electrons. The molecule has 6 heteroatoms. The number of rotatable bonds is 7. The van der Waals surface area contributed by atoms with Crippen LogP contribution in [0.2, 0.25) is 0 Å². The normalized spacial score (nSPS) is 14.4. The first-order chi connectivity index (χ1) is 12.5. The Morgan fingerprint density at radius 3 is 2.69 bits per heavy atom. The molecule has 3 rings (SSSR count). The largest absolute Gasteiger partial charge is 0.488 e. The minimum absolute atomic E-state index is 0.226. The predicted molar refractivity (Wildman–Crippen MR) is 101 cm³/mol. The van der Waals surface area contributed by atoms with Gasteiger partial charge in [0.05, 0.1) is 0 Å². The van der Waals surface area contributed by atoms with Crippen molar-refractivity contribution in [3.05, 3.63) is 64.1 Å². The van der Waals surface area contributed by atoms with Crippen molar-refractivity contribution in [2.24, 2.45) is 0 Å². The van der Waals surface area contributed by atoms with Gasteiger partial charge in [-0.15, -0.1) is 0 Å². The molecule has 1 aliphatic rings. The third kappa shape index (κ3) is 5.08. The van der Waals surface area contributed by atoms with Crippen LogP contribution in [0.1, 0.15) is 35.7 Å². The fourth-order valence-electron chi connectivity index (χ4n) is 2.37. The van der Waals surface area contributed by atoms with Crippen molar-refractivity contribution in [2.75, 3.05) is 0 Å². The SMILES string of the molecule is CC(OC(=O)c1ccccc1OCc1cccc(Br)c1)C(=O)NC1CC1. The summed E-state index contributed by atoms with van der Waals surface area (Å²) in [6.45, 7) is 1.89. The maximum atomic E-state index is 12.5. The number of halogens is 1. The third-order valence-corrected chi connectivity index (χ3v) is 4.46. The van der Waals surface area contributed by atoms with Crippen molar-refractivity contribution in [1.29, 1.82) is 0 Å². The summed E-state index contributed by atoms with van der Waals surface area (Å²) in [7, 11) is 0. The quantitative estimate of drug-likeness (QED) is 0.694. The van der Waals surface area contributed by atoms with Gasteiger partial charge >= 0.3 is 5.97 Å². The summed E-state index contributed by atoms with van der Waals surface area (Å²) in [6.07, 6.45) is 1.12. The van der Waals surface area contributed by atoms with Gasteiger partial charge < -0.3 is 14.8 Å². The van der Waals surface area contributed by atoms with Gasteiger partial charge in [0.2, 0.25) is 0 Å². The summed E-state index contributed by atoms with van der Waals surface area (Å²) in [5.74, 6) is -0.422. The van der Waals surface area contributed by atoms with E-state index < -0.39 is 12.1 Å². The molecule has 1 N–H and O–H groups in total. The number of ether oxygens (including phenoxy) is 2. The van der Waals surface area contributed by atoms with Crippen LogP contribution >= 0.6 is 15.9 Å². The highest BCUT2D eigenvalue weighted by atomic mass is 79.9. The van der Waals surface area contributed by atoms with E-state index in [0.717, 1.165) is 22.9 Å². The van der Waals surface area contributed by atoms with E-state index in [1.807, 2.05) is 24.3 Å². The van der Waals surface area contributed by atoms with Gasteiger partial charge in [-0.2, -0.15) is 0 Å². The van der Waals surface area contributed by atoms with Crippen LogP contribution in [0.5, 0.6) is 5.75 Å².